The molecular formula is C18H32N2O. The van der Waals surface area contributed by atoms with Gasteiger partial charge in [-0.15, -0.1) is 0 Å². The summed E-state index contributed by atoms with van der Waals surface area (Å²) in [5, 5.41) is 3.57. The van der Waals surface area contributed by atoms with Crippen LogP contribution in [0.25, 0.3) is 0 Å². The highest BCUT2D eigenvalue weighted by atomic mass is 16.5. The number of nitrogens with one attached hydrogen (secondary N) is 1. The fourth-order valence-electron chi connectivity index (χ4n) is 2.73. The van der Waals surface area contributed by atoms with Crippen LogP contribution in [0.2, 0.25) is 0 Å². The predicted molar refractivity (Wildman–Crippen MR) is 91.0 cm³/mol. The predicted octanol–water partition coefficient (Wildman–Crippen LogP) is 3.86. The van der Waals surface area contributed by atoms with Gasteiger partial charge in [-0.3, -0.25) is 4.90 Å². The highest BCUT2D eigenvalue weighted by molar-refractivity contribution is 5.35. The van der Waals surface area contributed by atoms with Crippen molar-refractivity contribution in [1.29, 1.82) is 0 Å². The summed E-state index contributed by atoms with van der Waals surface area (Å²) in [5.74, 6) is 0.992. The molecule has 0 fully saturated rings. The minimum Gasteiger partial charge on any atom is -0.496 e. The van der Waals surface area contributed by atoms with Crippen LogP contribution in [-0.2, 0) is 0 Å². The molecule has 0 spiro atoms. The third-order valence-corrected chi connectivity index (χ3v) is 3.79. The highest BCUT2D eigenvalue weighted by Gasteiger charge is 2.20. The summed E-state index contributed by atoms with van der Waals surface area (Å²) in [5.41, 5.74) is 1.46. The minimum atomic E-state index is 0.172. The molecule has 1 unspecified atom stereocenters. The lowest BCUT2D eigenvalue weighted by molar-refractivity contribution is 0.193. The maximum Gasteiger partial charge on any atom is 0.123 e. The fraction of sp³-hybridized carbons (Fsp3) is 0.667. The van der Waals surface area contributed by atoms with Crippen LogP contribution in [0.3, 0.4) is 0 Å². The first-order valence-corrected chi connectivity index (χ1v) is 8.05. The summed E-state index contributed by atoms with van der Waals surface area (Å²) in [6, 6.07) is 8.79. The Morgan fingerprint density at radius 2 is 1.86 bits per heavy atom. The van der Waals surface area contributed by atoms with Crippen LogP contribution in [0, 0.1) is 0 Å². The molecule has 1 rings (SSSR count). The summed E-state index contributed by atoms with van der Waals surface area (Å²) < 4.78 is 5.54. The molecule has 1 aromatic rings. The molecule has 0 heterocycles. The third-order valence-electron chi connectivity index (χ3n) is 3.79. The lowest BCUT2D eigenvalue weighted by Crippen LogP contribution is -2.42. The maximum absolute atomic E-state index is 5.54. The van der Waals surface area contributed by atoms with Crippen LogP contribution in [0.1, 0.15) is 52.6 Å². The van der Waals surface area contributed by atoms with Crippen LogP contribution in [-0.4, -0.2) is 37.2 Å². The van der Waals surface area contributed by atoms with Gasteiger partial charge in [-0.05, 0) is 39.8 Å². The van der Waals surface area contributed by atoms with E-state index in [0.717, 1.165) is 31.8 Å². The Hall–Kier alpha value is -1.06. The second kappa shape index (κ2) is 8.40. The van der Waals surface area contributed by atoms with Crippen LogP contribution >= 0.6 is 0 Å². The molecule has 0 saturated carbocycles. The lowest BCUT2D eigenvalue weighted by atomic mass is 10.0. The molecule has 0 aliphatic rings. The van der Waals surface area contributed by atoms with Gasteiger partial charge in [0.1, 0.15) is 5.75 Å². The van der Waals surface area contributed by atoms with Crippen molar-refractivity contribution < 1.29 is 4.74 Å². The van der Waals surface area contributed by atoms with Crippen molar-refractivity contribution in [3.8, 4) is 5.75 Å². The van der Waals surface area contributed by atoms with Gasteiger partial charge in [-0.2, -0.15) is 0 Å². The van der Waals surface area contributed by atoms with Gasteiger partial charge in [0.2, 0.25) is 0 Å². The first-order chi connectivity index (χ1) is 9.92. The fourth-order valence-corrected chi connectivity index (χ4v) is 2.73. The monoisotopic (exact) mass is 292 g/mol. The zero-order chi connectivity index (χ0) is 15.9. The van der Waals surface area contributed by atoms with Crippen molar-refractivity contribution in [3.05, 3.63) is 29.8 Å². The standard InChI is InChI=1S/C18H32N2O/c1-7-16(15-11-9-10-12-17(15)21-6)20(8-2)14-13-19-18(3,4)5/h9-12,16,19H,7-8,13-14H2,1-6H3. The van der Waals surface area contributed by atoms with Gasteiger partial charge in [0.25, 0.3) is 0 Å². The number of ether oxygens (including phenoxy) is 1. The van der Waals surface area contributed by atoms with E-state index in [0.29, 0.717) is 6.04 Å². The molecule has 0 aliphatic heterocycles. The number of benzene rings is 1. The van der Waals surface area contributed by atoms with E-state index in [-0.39, 0.29) is 5.54 Å². The molecule has 0 bridgehead atoms. The number of nitrogens with zero attached hydrogens (tertiary/aromatic N) is 1. The van der Waals surface area contributed by atoms with E-state index in [1.165, 1.54) is 5.56 Å². The number of rotatable bonds is 8. The quantitative estimate of drug-likeness (QED) is 0.787. The molecule has 0 amide bonds. The largest absolute Gasteiger partial charge is 0.496 e. The van der Waals surface area contributed by atoms with Gasteiger partial charge in [-0.25, -0.2) is 0 Å². The summed E-state index contributed by atoms with van der Waals surface area (Å²) in [6.45, 7) is 14.2. The van der Waals surface area contributed by atoms with Gasteiger partial charge >= 0.3 is 0 Å². The smallest absolute Gasteiger partial charge is 0.123 e. The Morgan fingerprint density at radius 1 is 1.19 bits per heavy atom. The number of methoxy groups -OCH3 is 1. The molecule has 120 valence electrons. The second-order valence-electron chi connectivity index (χ2n) is 6.47. The van der Waals surface area contributed by atoms with E-state index < -0.39 is 0 Å². The molecule has 1 atom stereocenters. The first-order valence-electron chi connectivity index (χ1n) is 8.05. The average Bonchev–Trinajstić information content (AvgIpc) is 2.45. The third kappa shape index (κ3) is 5.68. The molecule has 0 saturated heterocycles. The van der Waals surface area contributed by atoms with Crippen molar-refractivity contribution in [2.24, 2.45) is 0 Å². The Labute approximate surface area is 130 Å². The summed E-state index contributed by atoms with van der Waals surface area (Å²) in [6.07, 6.45) is 1.09. The van der Waals surface area contributed by atoms with Gasteiger partial charge in [0, 0.05) is 30.2 Å². The number of hydrogen-bond donors (Lipinski definition) is 1. The summed E-state index contributed by atoms with van der Waals surface area (Å²) >= 11 is 0. The van der Waals surface area contributed by atoms with Crippen molar-refractivity contribution in [1.82, 2.24) is 10.2 Å². The molecule has 1 aromatic carbocycles. The summed E-state index contributed by atoms with van der Waals surface area (Å²) in [4.78, 5) is 2.52. The van der Waals surface area contributed by atoms with Crippen LogP contribution in [0.15, 0.2) is 24.3 Å². The second-order valence-corrected chi connectivity index (χ2v) is 6.47. The van der Waals surface area contributed by atoms with Crippen molar-refractivity contribution >= 4 is 0 Å². The van der Waals surface area contributed by atoms with Crippen molar-refractivity contribution in [3.63, 3.8) is 0 Å². The van der Waals surface area contributed by atoms with Crippen LogP contribution in [0.4, 0.5) is 0 Å². The molecule has 3 nitrogen and oxygen atoms in total. The molecule has 3 heteroatoms. The molecule has 21 heavy (non-hydrogen) atoms. The molecule has 1 N–H and O–H groups in total. The van der Waals surface area contributed by atoms with E-state index in [1.807, 2.05) is 6.07 Å². The maximum atomic E-state index is 5.54. The van der Waals surface area contributed by atoms with E-state index >= 15 is 0 Å². The zero-order valence-electron chi connectivity index (χ0n) is 14.6. The molecule has 0 aliphatic carbocycles. The van der Waals surface area contributed by atoms with E-state index in [9.17, 15) is 0 Å². The van der Waals surface area contributed by atoms with E-state index in [2.05, 4.69) is 63.0 Å². The topological polar surface area (TPSA) is 24.5 Å². The van der Waals surface area contributed by atoms with Crippen molar-refractivity contribution in [2.45, 2.75) is 52.6 Å². The van der Waals surface area contributed by atoms with Gasteiger partial charge in [0.05, 0.1) is 7.11 Å². The minimum absolute atomic E-state index is 0.172. The lowest BCUT2D eigenvalue weighted by Gasteiger charge is -2.32. The van der Waals surface area contributed by atoms with Gasteiger partial charge in [-0.1, -0.05) is 32.0 Å². The Morgan fingerprint density at radius 3 is 2.38 bits per heavy atom. The van der Waals surface area contributed by atoms with E-state index in [4.69, 9.17) is 4.74 Å². The number of hydrogen-bond acceptors (Lipinski definition) is 3. The van der Waals surface area contributed by atoms with Gasteiger partial charge < -0.3 is 10.1 Å². The average molecular weight is 292 g/mol. The first kappa shape index (κ1) is 18.0. The Bertz CT molecular complexity index is 412. The highest BCUT2D eigenvalue weighted by Crippen LogP contribution is 2.31. The summed E-state index contributed by atoms with van der Waals surface area (Å²) in [7, 11) is 1.75. The molecule has 0 aromatic heterocycles. The number of para-hydroxylation sites is 1. The van der Waals surface area contributed by atoms with Gasteiger partial charge in [0.15, 0.2) is 0 Å². The van der Waals surface area contributed by atoms with Crippen LogP contribution < -0.4 is 10.1 Å². The zero-order valence-corrected chi connectivity index (χ0v) is 14.6. The number of likely N-dealkylation sites (N-methyl/N-ethyl adjacent to an activating group) is 1. The molecule has 0 radical (unpaired) electrons. The SMILES string of the molecule is CCC(c1ccccc1OC)N(CC)CCNC(C)(C)C. The Balaban J connectivity index is 2.80. The van der Waals surface area contributed by atoms with Crippen LogP contribution in [0.5, 0.6) is 5.75 Å². The molecular weight excluding hydrogens is 260 g/mol. The van der Waals surface area contributed by atoms with Crippen molar-refractivity contribution in [2.75, 3.05) is 26.7 Å². The Kier molecular flexibility index (Phi) is 7.20. The normalized spacial score (nSPS) is 13.5. The van der Waals surface area contributed by atoms with E-state index in [1.54, 1.807) is 7.11 Å².